The molecule has 2 aliphatic rings. The third-order valence-electron chi connectivity index (χ3n) is 4.55. The van der Waals surface area contributed by atoms with E-state index in [2.05, 4.69) is 17.1 Å². The van der Waals surface area contributed by atoms with E-state index in [1.54, 1.807) is 12.1 Å². The molecule has 1 N–H and O–H groups in total. The second-order valence-corrected chi connectivity index (χ2v) is 5.55. The third-order valence-corrected chi connectivity index (χ3v) is 4.55. The normalized spacial score (nSPS) is 28.2. The molecule has 6 heteroatoms. The Hall–Kier alpha value is -2.13. The predicted molar refractivity (Wildman–Crippen MR) is 74.5 cm³/mol. The lowest BCUT2D eigenvalue weighted by atomic mass is 9.95. The number of fused-ring (bicyclic) bond motifs is 1. The van der Waals surface area contributed by atoms with E-state index in [9.17, 15) is 10.1 Å². The number of nitriles is 1. The molecule has 0 spiro atoms. The molecule has 0 aliphatic carbocycles. The molecule has 0 amide bonds. The van der Waals surface area contributed by atoms with Crippen molar-refractivity contribution in [3.63, 3.8) is 0 Å². The first-order valence-corrected chi connectivity index (χ1v) is 6.77. The van der Waals surface area contributed by atoms with Crippen LogP contribution in [0.3, 0.4) is 0 Å². The number of nitrogens with zero attached hydrogens (tertiary/aromatic N) is 3. The second kappa shape index (κ2) is 4.76. The monoisotopic (exact) mass is 272 g/mol. The van der Waals surface area contributed by atoms with Crippen LogP contribution in [0, 0.1) is 33.3 Å². The van der Waals surface area contributed by atoms with E-state index >= 15 is 0 Å². The zero-order valence-corrected chi connectivity index (χ0v) is 11.2. The molecule has 3 rings (SSSR count). The Balaban J connectivity index is 1.98. The number of nitro benzene ring substituents is 1. The first kappa shape index (κ1) is 12.9. The molecule has 2 heterocycles. The maximum atomic E-state index is 11.3. The average Bonchev–Trinajstić information content (AvgIpc) is 3.01. The van der Waals surface area contributed by atoms with Crippen LogP contribution in [0.5, 0.6) is 0 Å². The van der Waals surface area contributed by atoms with Crippen molar-refractivity contribution in [2.24, 2.45) is 11.8 Å². The molecule has 3 unspecified atom stereocenters. The number of nitrogens with one attached hydrogen (secondary N) is 1. The Labute approximate surface area is 117 Å². The van der Waals surface area contributed by atoms with E-state index in [0.717, 1.165) is 19.6 Å². The number of anilines is 1. The Kier molecular flexibility index (Phi) is 3.07. The molecular weight excluding hydrogens is 256 g/mol. The van der Waals surface area contributed by atoms with Gasteiger partial charge in [-0.3, -0.25) is 10.1 Å². The molecular formula is C14H16N4O2. The van der Waals surface area contributed by atoms with E-state index in [0.29, 0.717) is 23.1 Å². The van der Waals surface area contributed by atoms with Crippen molar-refractivity contribution in [3.05, 3.63) is 33.9 Å². The summed E-state index contributed by atoms with van der Waals surface area (Å²) < 4.78 is 0. The fraction of sp³-hybridized carbons (Fsp3) is 0.500. The minimum atomic E-state index is -0.394. The van der Waals surface area contributed by atoms with Crippen LogP contribution in [-0.4, -0.2) is 30.6 Å². The molecule has 0 radical (unpaired) electrons. The van der Waals surface area contributed by atoms with Crippen molar-refractivity contribution >= 4 is 11.4 Å². The first-order valence-electron chi connectivity index (χ1n) is 6.77. The van der Waals surface area contributed by atoms with Gasteiger partial charge in [-0.1, -0.05) is 0 Å². The van der Waals surface area contributed by atoms with Gasteiger partial charge in [-0.2, -0.15) is 5.26 Å². The summed E-state index contributed by atoms with van der Waals surface area (Å²) in [6, 6.07) is 6.97. The van der Waals surface area contributed by atoms with Crippen molar-refractivity contribution in [2.75, 3.05) is 24.5 Å². The molecule has 104 valence electrons. The molecule has 0 aromatic heterocycles. The van der Waals surface area contributed by atoms with Crippen molar-refractivity contribution < 1.29 is 4.92 Å². The maximum Gasteiger partial charge on any atom is 0.293 e. The number of benzene rings is 1. The zero-order chi connectivity index (χ0) is 14.3. The van der Waals surface area contributed by atoms with Crippen molar-refractivity contribution in [2.45, 2.75) is 13.0 Å². The molecule has 1 aromatic rings. The average molecular weight is 272 g/mol. The first-order chi connectivity index (χ1) is 9.61. The van der Waals surface area contributed by atoms with Crippen LogP contribution in [0.25, 0.3) is 0 Å². The largest absolute Gasteiger partial charge is 0.363 e. The lowest BCUT2D eigenvalue weighted by Crippen LogP contribution is -2.33. The Morgan fingerprint density at radius 3 is 2.95 bits per heavy atom. The zero-order valence-electron chi connectivity index (χ0n) is 11.2. The topological polar surface area (TPSA) is 82.2 Å². The highest BCUT2D eigenvalue weighted by Crippen LogP contribution is 2.39. The van der Waals surface area contributed by atoms with Crippen LogP contribution in [-0.2, 0) is 0 Å². The molecule has 0 bridgehead atoms. The van der Waals surface area contributed by atoms with Gasteiger partial charge in [-0.25, -0.2) is 0 Å². The van der Waals surface area contributed by atoms with Gasteiger partial charge < -0.3 is 10.2 Å². The van der Waals surface area contributed by atoms with E-state index in [1.807, 2.05) is 6.07 Å². The molecule has 0 saturated carbocycles. The Morgan fingerprint density at radius 1 is 1.50 bits per heavy atom. The quantitative estimate of drug-likeness (QED) is 0.652. The van der Waals surface area contributed by atoms with E-state index in [4.69, 9.17) is 5.26 Å². The van der Waals surface area contributed by atoms with Gasteiger partial charge in [-0.15, -0.1) is 0 Å². The molecule has 2 aliphatic heterocycles. The summed E-state index contributed by atoms with van der Waals surface area (Å²) in [5, 5.41) is 23.5. The Bertz CT molecular complexity index is 595. The van der Waals surface area contributed by atoms with Crippen molar-refractivity contribution in [3.8, 4) is 6.07 Å². The highest BCUT2D eigenvalue weighted by molar-refractivity contribution is 5.66. The SMILES string of the molecule is CC1C2CNCC2CN1c1ccc(C#N)cc1[N+](=O)[O-]. The second-order valence-electron chi connectivity index (χ2n) is 5.55. The van der Waals surface area contributed by atoms with Crippen molar-refractivity contribution in [1.29, 1.82) is 5.26 Å². The lowest BCUT2D eigenvalue weighted by Gasteiger charge is -2.26. The molecule has 6 nitrogen and oxygen atoms in total. The summed E-state index contributed by atoms with van der Waals surface area (Å²) in [4.78, 5) is 13.0. The molecule has 20 heavy (non-hydrogen) atoms. The molecule has 2 fully saturated rings. The fourth-order valence-corrected chi connectivity index (χ4v) is 3.47. The smallest absolute Gasteiger partial charge is 0.293 e. The van der Waals surface area contributed by atoms with E-state index in [1.165, 1.54) is 6.07 Å². The molecule has 2 saturated heterocycles. The third kappa shape index (κ3) is 1.91. The van der Waals surface area contributed by atoms with Gasteiger partial charge in [0.05, 0.1) is 16.6 Å². The van der Waals surface area contributed by atoms with Gasteiger partial charge in [0.25, 0.3) is 5.69 Å². The number of nitro groups is 1. The molecule has 3 atom stereocenters. The van der Waals surface area contributed by atoms with Crippen LogP contribution < -0.4 is 10.2 Å². The minimum absolute atomic E-state index is 0.0313. The van der Waals surface area contributed by atoms with Gasteiger partial charge in [0, 0.05) is 31.7 Å². The van der Waals surface area contributed by atoms with Gasteiger partial charge in [0.2, 0.25) is 0 Å². The van der Waals surface area contributed by atoms with Gasteiger partial charge in [0.1, 0.15) is 5.69 Å². The number of hydrogen-bond acceptors (Lipinski definition) is 5. The van der Waals surface area contributed by atoms with Crippen LogP contribution in [0.15, 0.2) is 18.2 Å². The highest BCUT2D eigenvalue weighted by atomic mass is 16.6. The summed E-state index contributed by atoms with van der Waals surface area (Å²) in [5.41, 5.74) is 0.994. The number of rotatable bonds is 2. The minimum Gasteiger partial charge on any atom is -0.363 e. The standard InChI is InChI=1S/C14H16N4O2/c1-9-12-7-16-6-11(12)8-17(9)13-3-2-10(5-15)4-14(13)18(19)20/h2-4,9,11-12,16H,6-8H2,1H3. The highest BCUT2D eigenvalue weighted by Gasteiger charge is 2.43. The number of hydrogen-bond donors (Lipinski definition) is 1. The fourth-order valence-electron chi connectivity index (χ4n) is 3.47. The van der Waals surface area contributed by atoms with Crippen molar-refractivity contribution in [1.82, 2.24) is 5.32 Å². The Morgan fingerprint density at radius 2 is 2.30 bits per heavy atom. The lowest BCUT2D eigenvalue weighted by molar-refractivity contribution is -0.384. The summed E-state index contributed by atoms with van der Waals surface area (Å²) in [5.74, 6) is 1.10. The molecule has 1 aromatic carbocycles. The predicted octanol–water partition coefficient (Wildman–Crippen LogP) is 1.51. The summed E-state index contributed by atoms with van der Waals surface area (Å²) in [7, 11) is 0. The maximum absolute atomic E-state index is 11.3. The van der Waals surface area contributed by atoms with Crippen LogP contribution in [0.1, 0.15) is 12.5 Å². The van der Waals surface area contributed by atoms with E-state index in [-0.39, 0.29) is 11.7 Å². The van der Waals surface area contributed by atoms with Crippen LogP contribution in [0.2, 0.25) is 0 Å². The van der Waals surface area contributed by atoms with Crippen LogP contribution in [0.4, 0.5) is 11.4 Å². The van der Waals surface area contributed by atoms with Crippen LogP contribution >= 0.6 is 0 Å². The summed E-state index contributed by atoms with van der Waals surface area (Å²) in [6.45, 7) is 4.92. The summed E-state index contributed by atoms with van der Waals surface area (Å²) in [6.07, 6.45) is 0. The van der Waals surface area contributed by atoms with Gasteiger partial charge >= 0.3 is 0 Å². The van der Waals surface area contributed by atoms with Gasteiger partial charge in [-0.05, 0) is 30.9 Å². The van der Waals surface area contributed by atoms with Gasteiger partial charge in [0.15, 0.2) is 0 Å². The summed E-state index contributed by atoms with van der Waals surface area (Å²) >= 11 is 0. The van der Waals surface area contributed by atoms with E-state index < -0.39 is 4.92 Å².